The van der Waals surface area contributed by atoms with E-state index in [-0.39, 0.29) is 30.9 Å². The highest BCUT2D eigenvalue weighted by Crippen LogP contribution is 2.40. The van der Waals surface area contributed by atoms with Crippen molar-refractivity contribution in [3.63, 3.8) is 0 Å². The summed E-state index contributed by atoms with van der Waals surface area (Å²) < 4.78 is 22.0. The van der Waals surface area contributed by atoms with E-state index < -0.39 is 7.60 Å². The van der Waals surface area contributed by atoms with Gasteiger partial charge in [-0.05, 0) is 43.3 Å². The summed E-state index contributed by atoms with van der Waals surface area (Å²) >= 11 is 0. The predicted octanol–water partition coefficient (Wildman–Crippen LogP) is 2.14. The van der Waals surface area contributed by atoms with Crippen LogP contribution in [0.2, 0.25) is 0 Å². The van der Waals surface area contributed by atoms with Crippen molar-refractivity contribution in [3.05, 3.63) is 59.7 Å². The second-order valence-electron chi connectivity index (χ2n) is 4.91. The lowest BCUT2D eigenvalue weighted by Gasteiger charge is -2.11. The van der Waals surface area contributed by atoms with Crippen LogP contribution < -0.4 is 10.0 Å². The van der Waals surface area contributed by atoms with Crippen molar-refractivity contribution in [2.24, 2.45) is 0 Å². The summed E-state index contributed by atoms with van der Waals surface area (Å²) in [7, 11) is -3.83. The van der Waals surface area contributed by atoms with E-state index in [0.717, 1.165) is 0 Å². The minimum Gasteiger partial charge on any atom is -0.491 e. The molecular formula is C17H19O6P. The Hall–Kier alpha value is -1.98. The number of hydrogen-bond donors (Lipinski definition) is 2. The average molecular weight is 350 g/mol. The number of aliphatic hydroxyl groups excluding tert-OH is 1. The fourth-order valence-corrected chi connectivity index (χ4v) is 3.11. The highest BCUT2D eigenvalue weighted by molar-refractivity contribution is 7.61. The fraction of sp³-hybridized carbons (Fsp3) is 0.235. The first-order valence-electron chi connectivity index (χ1n) is 7.44. The first-order valence-corrected chi connectivity index (χ1v) is 9.02. The Morgan fingerprint density at radius 3 is 2.08 bits per heavy atom. The van der Waals surface area contributed by atoms with Crippen molar-refractivity contribution in [2.45, 2.75) is 6.92 Å². The maximum Gasteiger partial charge on any atom is 0.358 e. The van der Waals surface area contributed by atoms with Crippen molar-refractivity contribution in [1.82, 2.24) is 0 Å². The number of benzene rings is 2. The van der Waals surface area contributed by atoms with Crippen LogP contribution in [0.5, 0.6) is 5.75 Å². The normalized spacial score (nSPS) is 13.3. The summed E-state index contributed by atoms with van der Waals surface area (Å²) in [5.74, 6) is 0.355. The minimum absolute atomic E-state index is 0.0799. The maximum absolute atomic E-state index is 12.4. The second kappa shape index (κ2) is 8.22. The lowest BCUT2D eigenvalue weighted by molar-refractivity contribution is 0.103. The smallest absolute Gasteiger partial charge is 0.358 e. The predicted molar refractivity (Wildman–Crippen MR) is 90.0 cm³/mol. The van der Waals surface area contributed by atoms with Crippen molar-refractivity contribution in [1.29, 1.82) is 0 Å². The molecule has 0 aromatic heterocycles. The Labute approximate surface area is 140 Å². The Morgan fingerprint density at radius 1 is 1.04 bits per heavy atom. The number of carbonyl (C=O) groups excluding carboxylic acids is 1. The molecule has 24 heavy (non-hydrogen) atoms. The van der Waals surface area contributed by atoms with Crippen molar-refractivity contribution < 1.29 is 28.6 Å². The fourth-order valence-electron chi connectivity index (χ4n) is 2.08. The van der Waals surface area contributed by atoms with Gasteiger partial charge in [0.25, 0.3) is 0 Å². The van der Waals surface area contributed by atoms with E-state index in [1.807, 2.05) is 0 Å². The third kappa shape index (κ3) is 4.52. The molecule has 2 aromatic rings. The van der Waals surface area contributed by atoms with E-state index in [2.05, 4.69) is 0 Å². The summed E-state index contributed by atoms with van der Waals surface area (Å²) in [5.41, 5.74) is 0.871. The number of carbonyl (C=O) groups is 1. The van der Waals surface area contributed by atoms with Crippen LogP contribution in [0.15, 0.2) is 48.5 Å². The van der Waals surface area contributed by atoms with Crippen LogP contribution in [-0.2, 0) is 9.09 Å². The van der Waals surface area contributed by atoms with Gasteiger partial charge in [0.2, 0.25) is 0 Å². The zero-order chi connectivity index (χ0) is 17.6. The number of hydrogen-bond acceptors (Lipinski definition) is 5. The van der Waals surface area contributed by atoms with Gasteiger partial charge < -0.3 is 19.3 Å². The quantitative estimate of drug-likeness (QED) is 0.560. The van der Waals surface area contributed by atoms with E-state index in [9.17, 15) is 14.3 Å². The van der Waals surface area contributed by atoms with Gasteiger partial charge in [-0.15, -0.1) is 0 Å². The molecule has 2 aromatic carbocycles. The first-order chi connectivity index (χ1) is 11.5. The lowest BCUT2D eigenvalue weighted by Crippen LogP contribution is -2.09. The van der Waals surface area contributed by atoms with Gasteiger partial charge in [0.1, 0.15) is 12.4 Å². The molecule has 0 aliphatic carbocycles. The number of aliphatic hydroxyl groups is 1. The Bertz CT molecular complexity index is 724. The standard InChI is InChI=1S/C17H19O6P/c1-2-23-24(20,21)16-9-5-14(6-10-16)17(19)13-3-7-15(8-4-13)22-12-11-18/h3-10,18H,2,11-12H2,1H3,(H,20,21). The van der Waals surface area contributed by atoms with Crippen molar-refractivity contribution in [3.8, 4) is 5.75 Å². The minimum atomic E-state index is -3.83. The molecule has 128 valence electrons. The van der Waals surface area contributed by atoms with E-state index in [1.165, 1.54) is 24.3 Å². The molecule has 1 unspecified atom stereocenters. The maximum atomic E-state index is 12.4. The molecule has 0 aliphatic rings. The van der Waals surface area contributed by atoms with Gasteiger partial charge >= 0.3 is 7.60 Å². The van der Waals surface area contributed by atoms with Gasteiger partial charge in [-0.2, -0.15) is 0 Å². The summed E-state index contributed by atoms with van der Waals surface area (Å²) in [6.45, 7) is 1.87. The number of ether oxygens (including phenoxy) is 1. The van der Waals surface area contributed by atoms with E-state index in [1.54, 1.807) is 31.2 Å². The van der Waals surface area contributed by atoms with Gasteiger partial charge in [-0.1, -0.05) is 12.1 Å². The summed E-state index contributed by atoms with van der Waals surface area (Å²) in [5, 5.41) is 8.85. The molecule has 0 bridgehead atoms. The summed E-state index contributed by atoms with van der Waals surface area (Å²) in [6, 6.07) is 12.4. The van der Waals surface area contributed by atoms with Gasteiger partial charge in [0, 0.05) is 11.1 Å². The molecule has 2 rings (SSSR count). The van der Waals surface area contributed by atoms with Crippen LogP contribution in [0.4, 0.5) is 0 Å². The second-order valence-corrected chi connectivity index (χ2v) is 6.73. The molecule has 0 fully saturated rings. The summed E-state index contributed by atoms with van der Waals surface area (Å²) in [4.78, 5) is 22.2. The van der Waals surface area contributed by atoms with Crippen LogP contribution in [0.3, 0.4) is 0 Å². The third-order valence-electron chi connectivity index (χ3n) is 3.24. The van der Waals surface area contributed by atoms with Crippen LogP contribution in [0.1, 0.15) is 22.8 Å². The van der Waals surface area contributed by atoms with Gasteiger partial charge in [0.15, 0.2) is 5.78 Å². The Morgan fingerprint density at radius 2 is 1.58 bits per heavy atom. The SMILES string of the molecule is CCOP(=O)(O)c1ccc(C(=O)c2ccc(OCCO)cc2)cc1. The monoisotopic (exact) mass is 350 g/mol. The van der Waals surface area contributed by atoms with Crippen LogP contribution in [-0.4, -0.2) is 35.6 Å². The first kappa shape index (κ1) is 18.4. The molecule has 7 heteroatoms. The van der Waals surface area contributed by atoms with Gasteiger partial charge in [-0.3, -0.25) is 9.36 Å². The highest BCUT2D eigenvalue weighted by atomic mass is 31.2. The zero-order valence-corrected chi connectivity index (χ0v) is 14.1. The number of ketones is 1. The molecule has 0 saturated carbocycles. The zero-order valence-electron chi connectivity index (χ0n) is 13.2. The average Bonchev–Trinajstić information content (AvgIpc) is 2.60. The molecule has 0 saturated heterocycles. The molecule has 0 amide bonds. The van der Waals surface area contributed by atoms with E-state index >= 15 is 0 Å². The Kier molecular flexibility index (Phi) is 6.29. The summed E-state index contributed by atoms with van der Waals surface area (Å²) in [6.07, 6.45) is 0. The topological polar surface area (TPSA) is 93.1 Å². The molecule has 0 radical (unpaired) electrons. The third-order valence-corrected chi connectivity index (χ3v) is 4.80. The van der Waals surface area contributed by atoms with Gasteiger partial charge in [-0.25, -0.2) is 0 Å². The molecule has 0 spiro atoms. The molecule has 2 N–H and O–H groups in total. The van der Waals surface area contributed by atoms with Crippen molar-refractivity contribution in [2.75, 3.05) is 19.8 Å². The molecular weight excluding hydrogens is 331 g/mol. The van der Waals surface area contributed by atoms with Crippen LogP contribution in [0, 0.1) is 0 Å². The lowest BCUT2D eigenvalue weighted by atomic mass is 10.0. The molecule has 0 heterocycles. The Balaban J connectivity index is 2.14. The largest absolute Gasteiger partial charge is 0.491 e. The molecule has 0 aliphatic heterocycles. The van der Waals surface area contributed by atoms with Crippen LogP contribution >= 0.6 is 7.60 Å². The van der Waals surface area contributed by atoms with E-state index in [4.69, 9.17) is 14.4 Å². The van der Waals surface area contributed by atoms with Gasteiger partial charge in [0.05, 0.1) is 18.5 Å². The molecule has 6 nitrogen and oxygen atoms in total. The van der Waals surface area contributed by atoms with Crippen molar-refractivity contribution >= 4 is 18.7 Å². The van der Waals surface area contributed by atoms with E-state index in [0.29, 0.717) is 16.9 Å². The van der Waals surface area contributed by atoms with Crippen LogP contribution in [0.25, 0.3) is 0 Å². The highest BCUT2D eigenvalue weighted by Gasteiger charge is 2.22. The molecule has 1 atom stereocenters. The number of rotatable bonds is 8.